The first-order valence-corrected chi connectivity index (χ1v) is 19.1. The van der Waals surface area contributed by atoms with Crippen LogP contribution in [0.3, 0.4) is 0 Å². The maximum Gasteiger partial charge on any atom is 0.227 e. The number of carbonyl (C=O) groups is 3. The quantitative estimate of drug-likeness (QED) is 0.104. The van der Waals surface area contributed by atoms with Crippen LogP contribution in [-0.2, 0) is 30.4 Å². The Balaban J connectivity index is 1.09. The lowest BCUT2D eigenvalue weighted by atomic mass is 9.81. The van der Waals surface area contributed by atoms with Crippen molar-refractivity contribution >= 4 is 35.6 Å². The molecule has 2 aliphatic rings. The predicted molar refractivity (Wildman–Crippen MR) is 212 cm³/mol. The fraction of sp³-hybridized carbons (Fsp3) is 0.564. The highest BCUT2D eigenvalue weighted by molar-refractivity contribution is 5.98. The highest BCUT2D eigenvalue weighted by Crippen LogP contribution is 2.29. The molecular weight excluding hydrogens is 688 g/mol. The van der Waals surface area contributed by atoms with Crippen molar-refractivity contribution < 1.29 is 23.9 Å². The van der Waals surface area contributed by atoms with Crippen LogP contribution in [-0.4, -0.2) is 100 Å². The number of nitrogens with zero attached hydrogens (tertiary/aromatic N) is 1. The normalized spacial score (nSPS) is 26.6. The maximum atomic E-state index is 13.4. The van der Waals surface area contributed by atoms with Crippen LogP contribution in [0.4, 0.5) is 5.69 Å². The molecule has 1 aliphatic heterocycles. The van der Waals surface area contributed by atoms with Crippen molar-refractivity contribution in [3.05, 3.63) is 65.2 Å². The molecule has 8 atom stereocenters. The lowest BCUT2D eigenvalue weighted by Gasteiger charge is -2.34. The van der Waals surface area contributed by atoms with Gasteiger partial charge in [0.05, 0.1) is 38.7 Å². The molecule has 0 aromatic heterocycles. The van der Waals surface area contributed by atoms with E-state index in [2.05, 4.69) is 16.7 Å². The van der Waals surface area contributed by atoms with Gasteiger partial charge in [0.1, 0.15) is 0 Å². The molecule has 8 unspecified atom stereocenters. The van der Waals surface area contributed by atoms with E-state index in [1.165, 1.54) is 0 Å². The highest BCUT2D eigenvalue weighted by atomic mass is 16.5. The van der Waals surface area contributed by atoms with Crippen LogP contribution in [0.25, 0.3) is 12.2 Å². The monoisotopic (exact) mass is 750 g/mol. The molecule has 2 aromatic rings. The first kappa shape index (κ1) is 43.0. The van der Waals surface area contributed by atoms with Gasteiger partial charge in [-0.15, -0.1) is 0 Å². The Kier molecular flexibility index (Phi) is 17.5. The number of hydrogen-bond acceptors (Lipinski definition) is 12. The minimum absolute atomic E-state index is 0.0670. The molecule has 298 valence electrons. The van der Waals surface area contributed by atoms with E-state index < -0.39 is 12.1 Å². The second-order valence-electron chi connectivity index (χ2n) is 14.5. The number of hydrogen-bond donors (Lipinski definition) is 9. The van der Waals surface area contributed by atoms with Crippen molar-refractivity contribution in [1.82, 2.24) is 10.6 Å². The maximum absolute atomic E-state index is 13.4. The van der Waals surface area contributed by atoms with Crippen LogP contribution in [0.5, 0.6) is 0 Å². The smallest absolute Gasteiger partial charge is 0.227 e. The Hall–Kier alpha value is -3.77. The second kappa shape index (κ2) is 21.9. The van der Waals surface area contributed by atoms with Crippen molar-refractivity contribution in [2.75, 3.05) is 51.0 Å². The predicted octanol–water partition coefficient (Wildman–Crippen LogP) is -0.522. The fourth-order valence-corrected chi connectivity index (χ4v) is 7.10. The largest absolute Gasteiger partial charge is 0.379 e. The summed E-state index contributed by atoms with van der Waals surface area (Å²) in [6.07, 6.45) is 5.77. The Morgan fingerprint density at radius 3 is 2.02 bits per heavy atom. The van der Waals surface area contributed by atoms with Gasteiger partial charge in [0, 0.05) is 74.5 Å². The van der Waals surface area contributed by atoms with Crippen molar-refractivity contribution in [2.45, 2.75) is 81.3 Å². The molecular formula is C39H62N10O5. The summed E-state index contributed by atoms with van der Waals surface area (Å²) in [5, 5.41) is 5.74. The average Bonchev–Trinajstić information content (AvgIpc) is 3.16. The number of benzene rings is 2. The van der Waals surface area contributed by atoms with Gasteiger partial charge in [-0.3, -0.25) is 14.4 Å². The van der Waals surface area contributed by atoms with Crippen molar-refractivity contribution in [3.8, 4) is 0 Å². The third kappa shape index (κ3) is 12.9. The third-order valence-electron chi connectivity index (χ3n) is 10.5. The molecule has 15 nitrogen and oxygen atoms in total. The summed E-state index contributed by atoms with van der Waals surface area (Å²) in [6.45, 7) is 2.37. The SMILES string of the molecule is NCC1CC(N)C(CNC(=O)CCOCCOCCNC(=O)CCC(=O)N2Cc3ccccc3/C=C\c3ccccc32)C(N)CC(N)C(N)CC(N)C1N. The number of nitrogens with two attached hydrogens (primary N) is 7. The van der Waals surface area contributed by atoms with Gasteiger partial charge < -0.3 is 65.1 Å². The molecule has 16 N–H and O–H groups in total. The van der Waals surface area contributed by atoms with Gasteiger partial charge in [-0.2, -0.15) is 0 Å². The summed E-state index contributed by atoms with van der Waals surface area (Å²) < 4.78 is 11.1. The first-order chi connectivity index (χ1) is 26.0. The molecule has 2 aromatic carbocycles. The van der Waals surface area contributed by atoms with Crippen LogP contribution in [0.1, 0.15) is 55.2 Å². The topological polar surface area (TPSA) is 279 Å². The zero-order valence-electron chi connectivity index (χ0n) is 31.3. The van der Waals surface area contributed by atoms with Gasteiger partial charge in [-0.1, -0.05) is 54.6 Å². The van der Waals surface area contributed by atoms with Crippen molar-refractivity contribution in [1.29, 1.82) is 0 Å². The summed E-state index contributed by atoms with van der Waals surface area (Å²) in [5.41, 5.74) is 48.5. The number of para-hydroxylation sites is 1. The minimum Gasteiger partial charge on any atom is -0.379 e. The number of amides is 3. The number of fused-ring (bicyclic) bond motifs is 2. The molecule has 0 radical (unpaired) electrons. The van der Waals surface area contributed by atoms with Gasteiger partial charge in [0.2, 0.25) is 17.7 Å². The van der Waals surface area contributed by atoms with Gasteiger partial charge in [0.15, 0.2) is 0 Å². The summed E-state index contributed by atoms with van der Waals surface area (Å²) >= 11 is 0. The van der Waals surface area contributed by atoms with Crippen LogP contribution in [0.15, 0.2) is 48.5 Å². The number of ether oxygens (including phenoxy) is 2. The summed E-state index contributed by atoms with van der Waals surface area (Å²) in [5.74, 6) is -0.936. The lowest BCUT2D eigenvalue weighted by Crippen LogP contribution is -2.54. The first-order valence-electron chi connectivity index (χ1n) is 19.1. The van der Waals surface area contributed by atoms with E-state index in [0.717, 1.165) is 22.4 Å². The third-order valence-corrected chi connectivity index (χ3v) is 10.5. The van der Waals surface area contributed by atoms with E-state index in [9.17, 15) is 14.4 Å². The van der Waals surface area contributed by atoms with Gasteiger partial charge in [-0.25, -0.2) is 0 Å². The number of nitrogens with one attached hydrogen (secondary N) is 2. The van der Waals surface area contributed by atoms with Gasteiger partial charge in [-0.05, 0) is 54.5 Å². The molecule has 1 fully saturated rings. The lowest BCUT2D eigenvalue weighted by molar-refractivity contribution is -0.125. The molecule has 0 bridgehead atoms. The zero-order valence-corrected chi connectivity index (χ0v) is 31.3. The van der Waals surface area contributed by atoms with Crippen LogP contribution < -0.4 is 55.7 Å². The molecule has 0 saturated heterocycles. The van der Waals surface area contributed by atoms with Crippen LogP contribution >= 0.6 is 0 Å². The molecule has 1 heterocycles. The zero-order chi connectivity index (χ0) is 39.0. The Morgan fingerprint density at radius 1 is 0.667 bits per heavy atom. The summed E-state index contributed by atoms with van der Waals surface area (Å²) in [7, 11) is 0. The Bertz CT molecular complexity index is 1530. The molecule has 54 heavy (non-hydrogen) atoms. The van der Waals surface area contributed by atoms with E-state index in [1.54, 1.807) is 4.90 Å². The molecule has 1 aliphatic carbocycles. The molecule has 15 heteroatoms. The second-order valence-corrected chi connectivity index (χ2v) is 14.5. The summed E-state index contributed by atoms with van der Waals surface area (Å²) in [4.78, 5) is 40.3. The van der Waals surface area contributed by atoms with Crippen LogP contribution in [0, 0.1) is 11.8 Å². The molecule has 3 amide bonds. The number of rotatable bonds is 15. The average molecular weight is 751 g/mol. The fourth-order valence-electron chi connectivity index (χ4n) is 7.10. The molecule has 0 spiro atoms. The molecule has 1 saturated carbocycles. The Labute approximate surface area is 319 Å². The van der Waals surface area contributed by atoms with Crippen LogP contribution in [0.2, 0.25) is 0 Å². The van der Waals surface area contributed by atoms with E-state index in [-0.39, 0.29) is 99.4 Å². The summed E-state index contributed by atoms with van der Waals surface area (Å²) in [6, 6.07) is 13.4. The Morgan fingerprint density at radius 2 is 1.28 bits per heavy atom. The van der Waals surface area contributed by atoms with E-state index >= 15 is 0 Å². The number of carbonyl (C=O) groups excluding carboxylic acids is 3. The van der Waals surface area contributed by atoms with Gasteiger partial charge in [0.25, 0.3) is 0 Å². The van der Waals surface area contributed by atoms with Gasteiger partial charge >= 0.3 is 0 Å². The standard InChI is InChI=1S/C39H62N10O5/c40-22-28-19-30(41)29(31(42)20-32(43)33(44)21-34(45)39(28)46)23-48-37(51)13-15-53-17-18-54-16-14-47-36(50)11-12-38(52)49-24-27-7-2-1-5-25(27)9-10-26-6-3-4-8-35(26)49/h1-10,28-34,39H,11-24,40-46H2,(H,47,50)(H,48,51)/b10-9-. The van der Waals surface area contributed by atoms with Crippen molar-refractivity contribution in [3.63, 3.8) is 0 Å². The number of anilines is 1. The van der Waals surface area contributed by atoms with E-state index in [4.69, 9.17) is 49.6 Å². The van der Waals surface area contributed by atoms with Crippen molar-refractivity contribution in [2.24, 2.45) is 52.0 Å². The van der Waals surface area contributed by atoms with E-state index in [1.807, 2.05) is 54.6 Å². The highest BCUT2D eigenvalue weighted by Gasteiger charge is 2.35. The molecule has 4 rings (SSSR count). The van der Waals surface area contributed by atoms with E-state index in [0.29, 0.717) is 45.5 Å². The minimum atomic E-state index is -0.394.